The molecule has 4 N–H and O–H groups in total. The summed E-state index contributed by atoms with van der Waals surface area (Å²) in [7, 11) is 2.70. The Bertz CT molecular complexity index is 2750. The van der Waals surface area contributed by atoms with Gasteiger partial charge in [0.1, 0.15) is 29.4 Å². The van der Waals surface area contributed by atoms with Crippen LogP contribution in [0.3, 0.4) is 0 Å². The van der Waals surface area contributed by atoms with Crippen LogP contribution in [-0.4, -0.2) is 116 Å². The Hall–Kier alpha value is -6.46. The third kappa shape index (κ3) is 9.20. The largest absolute Gasteiger partial charge is 0.465 e. The van der Waals surface area contributed by atoms with Crippen molar-refractivity contribution in [3.8, 4) is 0 Å². The van der Waals surface area contributed by atoms with Gasteiger partial charge in [-0.05, 0) is 117 Å². The van der Waals surface area contributed by atoms with E-state index in [1.54, 1.807) is 9.80 Å². The fraction of sp³-hybridized carbons (Fsp3) is 0.538. The van der Waals surface area contributed by atoms with Crippen LogP contribution >= 0.6 is 0 Å². The normalized spacial score (nSPS) is 21.9. The summed E-state index contributed by atoms with van der Waals surface area (Å²) in [5.41, 5.74) is 5.27. The number of carbonyl (C=O) groups is 4. The summed E-state index contributed by atoms with van der Waals surface area (Å²) in [6.45, 7) is 11.8. The van der Waals surface area contributed by atoms with Gasteiger partial charge in [-0.3, -0.25) is 14.5 Å². The number of aromatic amines is 2. The Balaban J connectivity index is 1.04. The van der Waals surface area contributed by atoms with Gasteiger partial charge in [0.05, 0.1) is 53.3 Å². The quantitative estimate of drug-likeness (QED) is 0.0940. The van der Waals surface area contributed by atoms with Gasteiger partial charge in [0, 0.05) is 38.9 Å². The Morgan fingerprint density at radius 1 is 0.729 bits per heavy atom. The number of carbonyl (C=O) groups excluding carboxylic acids is 3. The molecule has 4 aliphatic heterocycles. The summed E-state index contributed by atoms with van der Waals surface area (Å²) >= 11 is 0. The van der Waals surface area contributed by atoms with Crippen molar-refractivity contribution in [2.24, 2.45) is 17.8 Å². The third-order valence-corrected chi connectivity index (χ3v) is 15.3. The fourth-order valence-corrected chi connectivity index (χ4v) is 11.6. The number of ether oxygens (including phenoxy) is 1. The molecule has 0 saturated carbocycles. The monoisotopic (exact) mass is 965 g/mol. The molecule has 6 heterocycles. The highest BCUT2D eigenvalue weighted by molar-refractivity contribution is 5.87. The summed E-state index contributed by atoms with van der Waals surface area (Å²) in [5, 5.41) is 12.5. The molecule has 4 saturated heterocycles. The van der Waals surface area contributed by atoms with E-state index < -0.39 is 35.9 Å². The lowest BCUT2D eigenvalue weighted by atomic mass is 9.98. The van der Waals surface area contributed by atoms with E-state index in [1.807, 2.05) is 62.9 Å². The number of nitrogens with one attached hydrogen (secondary N) is 3. The van der Waals surface area contributed by atoms with Crippen LogP contribution in [0.4, 0.5) is 29.7 Å². The van der Waals surface area contributed by atoms with Crippen molar-refractivity contribution < 1.29 is 37.8 Å². The van der Waals surface area contributed by atoms with Gasteiger partial charge in [-0.25, -0.2) is 28.3 Å². The molecule has 0 unspecified atom stereocenters. The molecule has 0 radical (unpaired) electrons. The summed E-state index contributed by atoms with van der Waals surface area (Å²) in [6, 6.07) is 12.1. The second kappa shape index (κ2) is 19.7. The zero-order valence-electron chi connectivity index (χ0n) is 41.2. The van der Waals surface area contributed by atoms with Crippen molar-refractivity contribution in [2.45, 2.75) is 122 Å². The number of likely N-dealkylation sites (N-methyl/N-ethyl adjacent to an activating group) is 1. The third-order valence-electron chi connectivity index (χ3n) is 15.3. The number of piperidine rings is 1. The maximum atomic E-state index is 16.5. The highest BCUT2D eigenvalue weighted by Crippen LogP contribution is 2.49. The van der Waals surface area contributed by atoms with E-state index in [-0.39, 0.29) is 53.5 Å². The predicted molar refractivity (Wildman–Crippen MR) is 262 cm³/mol. The van der Waals surface area contributed by atoms with Crippen LogP contribution in [0.1, 0.15) is 133 Å². The number of halogens is 2. The van der Waals surface area contributed by atoms with Crippen LogP contribution in [0, 0.1) is 29.4 Å². The average molecular weight is 965 g/mol. The molecular weight excluding hydrogens is 899 g/mol. The van der Waals surface area contributed by atoms with Crippen LogP contribution in [0.2, 0.25) is 0 Å². The molecule has 9 rings (SSSR count). The van der Waals surface area contributed by atoms with Crippen molar-refractivity contribution in [1.82, 2.24) is 40.0 Å². The highest BCUT2D eigenvalue weighted by Gasteiger charge is 2.42. The minimum absolute atomic E-state index is 0.00903. The number of H-pyrrole nitrogens is 2. The van der Waals surface area contributed by atoms with E-state index >= 15 is 8.78 Å². The molecule has 18 heteroatoms. The molecule has 4 amide bonds. The zero-order chi connectivity index (χ0) is 49.7. The lowest BCUT2D eigenvalue weighted by Crippen LogP contribution is -2.51. The smallest absolute Gasteiger partial charge is 0.407 e. The lowest BCUT2D eigenvalue weighted by Gasteiger charge is -2.35. The number of fused-ring (bicyclic) bond motifs is 2. The van der Waals surface area contributed by atoms with Crippen molar-refractivity contribution >= 4 is 57.4 Å². The van der Waals surface area contributed by atoms with Crippen molar-refractivity contribution in [2.75, 3.05) is 50.1 Å². The van der Waals surface area contributed by atoms with Crippen molar-refractivity contribution in [3.63, 3.8) is 0 Å². The lowest BCUT2D eigenvalue weighted by molar-refractivity contribution is -0.138. The molecule has 70 heavy (non-hydrogen) atoms. The van der Waals surface area contributed by atoms with Gasteiger partial charge in [-0.2, -0.15) is 0 Å². The molecule has 4 fully saturated rings. The predicted octanol–water partition coefficient (Wildman–Crippen LogP) is 9.38. The van der Waals surface area contributed by atoms with Gasteiger partial charge in [0.2, 0.25) is 11.8 Å². The maximum Gasteiger partial charge on any atom is 0.407 e. The standard InChI is InChI=1S/C52H66F2N10O6/c1-28(2)44(59-51(67)70-7)49(65)62-20-8-10-42(62)47-55-36-14-12-31(24-38(36)57-47)40-16-17-41(64(40)33-26-34(53)46(35(54)27-33)61-22-18-30(5)19-23-61)32-13-15-37-39(25-32)58-48(56-37)43-11-9-21-63(43)50(66)45(29(3)4)60(6)52(68)69/h12-15,24-30,40-45H,8-11,16-23H2,1-7H3,(H,55,57)(H,56,58)(H,59,67)(H,68,69)/t40-,41-,42+,43+,44+,45+/m1/s1. The van der Waals surface area contributed by atoms with Crippen LogP contribution in [0.25, 0.3) is 22.1 Å². The van der Waals surface area contributed by atoms with Gasteiger partial charge in [0.25, 0.3) is 0 Å². The number of hydrogen-bond acceptors (Lipinski definition) is 9. The number of hydrogen-bond donors (Lipinski definition) is 4. The molecule has 374 valence electrons. The van der Waals surface area contributed by atoms with Gasteiger partial charge in [-0.15, -0.1) is 0 Å². The number of benzene rings is 3. The number of methoxy groups -OCH3 is 1. The number of amides is 4. The summed E-state index contributed by atoms with van der Waals surface area (Å²) < 4.78 is 37.8. The highest BCUT2D eigenvalue weighted by atomic mass is 19.1. The van der Waals surface area contributed by atoms with Gasteiger partial charge < -0.3 is 44.7 Å². The minimum atomic E-state index is -1.16. The molecule has 4 aliphatic rings. The molecule has 2 aromatic heterocycles. The van der Waals surface area contributed by atoms with Crippen LogP contribution < -0.4 is 15.1 Å². The van der Waals surface area contributed by atoms with E-state index in [9.17, 15) is 24.3 Å². The molecule has 0 bridgehead atoms. The first-order valence-corrected chi connectivity index (χ1v) is 25.0. The Morgan fingerprint density at radius 2 is 1.24 bits per heavy atom. The summed E-state index contributed by atoms with van der Waals surface area (Å²) in [5.74, 6) is -0.282. The Morgan fingerprint density at radius 3 is 1.71 bits per heavy atom. The Kier molecular flexibility index (Phi) is 13.7. The molecule has 16 nitrogen and oxygen atoms in total. The molecule has 5 aromatic rings. The van der Waals surface area contributed by atoms with E-state index in [2.05, 4.69) is 33.2 Å². The SMILES string of the molecule is COC(=O)N[C@H](C(=O)N1CCC[C@H]1c1nc2ccc([C@H]3CC[C@H](c4ccc5nc([C@@H]6CCCN6C(=O)[C@H](C(C)C)N(C)C(=O)O)[nH]c5c4)N3c3cc(F)c(N4CCC(C)CC4)c(F)c3)cc2[nH]1)C(C)C. The Labute approximate surface area is 407 Å². The van der Waals surface area contributed by atoms with E-state index in [0.717, 1.165) is 58.3 Å². The van der Waals surface area contributed by atoms with Crippen molar-refractivity contribution in [1.29, 1.82) is 0 Å². The topological polar surface area (TPSA) is 183 Å². The number of aromatic nitrogens is 4. The molecule has 6 atom stereocenters. The number of nitrogens with zero attached hydrogens (tertiary/aromatic N) is 7. The molecule has 0 spiro atoms. The van der Waals surface area contributed by atoms with E-state index in [1.165, 1.54) is 26.3 Å². The number of carboxylic acid groups (broad SMARTS) is 1. The molecule has 3 aromatic carbocycles. The first kappa shape index (κ1) is 48.6. The second-order valence-electron chi connectivity index (χ2n) is 20.6. The summed E-state index contributed by atoms with van der Waals surface area (Å²) in [4.78, 5) is 77.6. The number of imidazole rings is 2. The molecular formula is C52H66F2N10O6. The zero-order valence-corrected chi connectivity index (χ0v) is 41.2. The molecule has 0 aliphatic carbocycles. The van der Waals surface area contributed by atoms with Crippen LogP contribution in [0.15, 0.2) is 48.5 Å². The number of likely N-dealkylation sites (tertiary alicyclic amines) is 2. The van der Waals surface area contributed by atoms with E-state index in [4.69, 9.17) is 14.7 Å². The summed E-state index contributed by atoms with van der Waals surface area (Å²) in [6.07, 6.45) is 4.15. The number of rotatable bonds is 12. The van der Waals surface area contributed by atoms with E-state index in [0.29, 0.717) is 80.6 Å². The minimum Gasteiger partial charge on any atom is -0.465 e. The van der Waals surface area contributed by atoms with Crippen molar-refractivity contribution in [3.05, 3.63) is 82.9 Å². The van der Waals surface area contributed by atoms with Gasteiger partial charge >= 0.3 is 12.2 Å². The van der Waals surface area contributed by atoms with Gasteiger partial charge in [-0.1, -0.05) is 46.8 Å². The first-order chi connectivity index (χ1) is 33.5. The maximum absolute atomic E-state index is 16.5. The first-order valence-electron chi connectivity index (χ1n) is 25.0. The van der Waals surface area contributed by atoms with Crippen LogP contribution in [-0.2, 0) is 14.3 Å². The number of anilines is 2. The van der Waals surface area contributed by atoms with Gasteiger partial charge in [0.15, 0.2) is 11.6 Å². The second-order valence-corrected chi connectivity index (χ2v) is 20.6. The average Bonchev–Trinajstić information content (AvgIpc) is 4.19. The van der Waals surface area contributed by atoms with Crippen LogP contribution in [0.5, 0.6) is 0 Å². The number of alkyl carbamates (subject to hydrolysis) is 1. The fourth-order valence-electron chi connectivity index (χ4n) is 11.6.